The molecule has 0 fully saturated rings. The first kappa shape index (κ1) is 16.4. The van der Waals surface area contributed by atoms with Gasteiger partial charge in [0.15, 0.2) is 10.8 Å². The number of thioether (sulfide) groups is 1. The summed E-state index contributed by atoms with van der Waals surface area (Å²) in [7, 11) is 0. The topological polar surface area (TPSA) is 30.2 Å². The zero-order chi connectivity index (χ0) is 16.6. The minimum atomic E-state index is -4.36. The number of hydrogen-bond donors (Lipinski definition) is 0. The van der Waals surface area contributed by atoms with Crippen LogP contribution in [0.1, 0.15) is 11.1 Å². The summed E-state index contributed by atoms with van der Waals surface area (Å²) in [4.78, 5) is 0. The molecule has 0 N–H and O–H groups in total. The molecule has 0 amide bonds. The van der Waals surface area contributed by atoms with Gasteiger partial charge in [-0.3, -0.25) is 4.40 Å². The molecule has 120 valence electrons. The van der Waals surface area contributed by atoms with E-state index in [9.17, 15) is 13.2 Å². The van der Waals surface area contributed by atoms with Gasteiger partial charge < -0.3 is 0 Å². The Morgan fingerprint density at radius 2 is 1.91 bits per heavy atom. The average Bonchev–Trinajstić information content (AvgIpc) is 2.88. The van der Waals surface area contributed by atoms with Gasteiger partial charge in [-0.05, 0) is 17.7 Å². The molecule has 2 heterocycles. The number of alkyl halides is 3. The van der Waals surface area contributed by atoms with Gasteiger partial charge in [0, 0.05) is 11.9 Å². The van der Waals surface area contributed by atoms with Crippen LogP contribution in [0.2, 0.25) is 10.0 Å². The fraction of sp³-hybridized carbons (Fsp3) is 0.143. The largest absolute Gasteiger partial charge is 0.416 e. The maximum absolute atomic E-state index is 12.7. The molecular weight excluding hydrogens is 370 g/mol. The van der Waals surface area contributed by atoms with E-state index < -0.39 is 11.7 Å². The van der Waals surface area contributed by atoms with Crippen LogP contribution in [-0.2, 0) is 11.9 Å². The van der Waals surface area contributed by atoms with Gasteiger partial charge in [0.2, 0.25) is 0 Å². The average molecular weight is 378 g/mol. The van der Waals surface area contributed by atoms with Crippen molar-refractivity contribution in [3.63, 3.8) is 0 Å². The predicted molar refractivity (Wildman–Crippen MR) is 84.0 cm³/mol. The van der Waals surface area contributed by atoms with Crippen molar-refractivity contribution < 1.29 is 13.2 Å². The zero-order valence-electron chi connectivity index (χ0n) is 11.3. The lowest BCUT2D eigenvalue weighted by Gasteiger charge is -2.08. The Bertz CT molecular complexity index is 864. The van der Waals surface area contributed by atoms with Crippen molar-refractivity contribution in [2.45, 2.75) is 17.1 Å². The van der Waals surface area contributed by atoms with Gasteiger partial charge in [0.25, 0.3) is 0 Å². The van der Waals surface area contributed by atoms with Gasteiger partial charge in [-0.25, -0.2) is 0 Å². The summed E-state index contributed by atoms with van der Waals surface area (Å²) in [5, 5.41) is 9.22. The second-order valence-electron chi connectivity index (χ2n) is 4.67. The van der Waals surface area contributed by atoms with Crippen molar-refractivity contribution >= 4 is 40.6 Å². The van der Waals surface area contributed by atoms with Gasteiger partial charge in [-0.2, -0.15) is 13.2 Å². The third kappa shape index (κ3) is 3.57. The van der Waals surface area contributed by atoms with E-state index in [0.29, 0.717) is 32.2 Å². The highest BCUT2D eigenvalue weighted by atomic mass is 35.5. The first-order valence-electron chi connectivity index (χ1n) is 6.33. The highest BCUT2D eigenvalue weighted by Crippen LogP contribution is 2.31. The quantitative estimate of drug-likeness (QED) is 0.576. The van der Waals surface area contributed by atoms with E-state index in [1.807, 2.05) is 0 Å². The molecule has 0 bridgehead atoms. The molecule has 0 aliphatic heterocycles. The van der Waals surface area contributed by atoms with E-state index in [2.05, 4.69) is 10.2 Å². The van der Waals surface area contributed by atoms with Gasteiger partial charge in [-0.1, -0.05) is 53.2 Å². The first-order chi connectivity index (χ1) is 10.8. The highest BCUT2D eigenvalue weighted by molar-refractivity contribution is 7.98. The molecule has 23 heavy (non-hydrogen) atoms. The Hall–Kier alpha value is -1.44. The van der Waals surface area contributed by atoms with E-state index in [-0.39, 0.29) is 0 Å². The number of hydrogen-bond acceptors (Lipinski definition) is 3. The Morgan fingerprint density at radius 3 is 2.65 bits per heavy atom. The molecule has 0 atom stereocenters. The van der Waals surface area contributed by atoms with Crippen LogP contribution in [0.25, 0.3) is 5.65 Å². The molecule has 0 saturated heterocycles. The van der Waals surface area contributed by atoms with Crippen LogP contribution in [0, 0.1) is 0 Å². The number of nitrogens with zero attached hydrogens (tertiary/aromatic N) is 3. The summed E-state index contributed by atoms with van der Waals surface area (Å²) in [5.74, 6) is 0.314. The Kier molecular flexibility index (Phi) is 4.44. The molecule has 9 heteroatoms. The van der Waals surface area contributed by atoms with Crippen molar-refractivity contribution in [3.05, 3.63) is 57.7 Å². The summed E-state index contributed by atoms with van der Waals surface area (Å²) >= 11 is 13.2. The smallest absolute Gasteiger partial charge is 0.275 e. The van der Waals surface area contributed by atoms with Crippen LogP contribution in [0.3, 0.4) is 0 Å². The Morgan fingerprint density at radius 1 is 1.13 bits per heavy atom. The van der Waals surface area contributed by atoms with E-state index in [1.165, 1.54) is 17.8 Å². The van der Waals surface area contributed by atoms with Gasteiger partial charge in [0.05, 0.1) is 15.6 Å². The lowest BCUT2D eigenvalue weighted by Crippen LogP contribution is -2.04. The Labute approximate surface area is 143 Å². The molecule has 0 aliphatic carbocycles. The monoisotopic (exact) mass is 377 g/mol. The lowest BCUT2D eigenvalue weighted by atomic mass is 10.1. The molecular formula is C14H8Cl2F3N3S. The third-order valence-electron chi connectivity index (χ3n) is 3.02. The summed E-state index contributed by atoms with van der Waals surface area (Å²) in [6.45, 7) is 0. The summed E-state index contributed by atoms with van der Waals surface area (Å²) in [5.41, 5.74) is 0.310. The van der Waals surface area contributed by atoms with Crippen LogP contribution >= 0.6 is 35.0 Å². The SMILES string of the molecule is FC(F)(F)c1cccc(CSc2nnc3c(Cl)cc(Cl)cn23)c1. The van der Waals surface area contributed by atoms with Crippen molar-refractivity contribution in [2.75, 3.05) is 0 Å². The zero-order valence-corrected chi connectivity index (χ0v) is 13.6. The first-order valence-corrected chi connectivity index (χ1v) is 8.07. The van der Waals surface area contributed by atoms with E-state index in [1.54, 1.807) is 22.7 Å². The number of benzene rings is 1. The fourth-order valence-corrected chi connectivity index (χ4v) is 3.35. The molecule has 0 saturated carbocycles. The van der Waals surface area contributed by atoms with Crippen molar-refractivity contribution in [1.82, 2.24) is 14.6 Å². The van der Waals surface area contributed by atoms with E-state index in [4.69, 9.17) is 23.2 Å². The lowest BCUT2D eigenvalue weighted by molar-refractivity contribution is -0.137. The molecule has 0 aliphatic rings. The number of rotatable bonds is 3. The van der Waals surface area contributed by atoms with Gasteiger partial charge in [0.1, 0.15) is 0 Å². The third-order valence-corrected chi connectivity index (χ3v) is 4.52. The molecule has 3 aromatic rings. The minimum Gasteiger partial charge on any atom is -0.275 e. The molecule has 1 aromatic carbocycles. The highest BCUT2D eigenvalue weighted by Gasteiger charge is 2.30. The summed E-state index contributed by atoms with van der Waals surface area (Å²) in [6.07, 6.45) is -2.75. The van der Waals surface area contributed by atoms with Crippen molar-refractivity contribution in [3.8, 4) is 0 Å². The van der Waals surface area contributed by atoms with E-state index >= 15 is 0 Å². The van der Waals surface area contributed by atoms with E-state index in [0.717, 1.165) is 12.1 Å². The van der Waals surface area contributed by atoms with Crippen molar-refractivity contribution in [2.24, 2.45) is 0 Å². The molecule has 3 rings (SSSR count). The molecule has 0 spiro atoms. The van der Waals surface area contributed by atoms with Crippen LogP contribution in [0.5, 0.6) is 0 Å². The number of pyridine rings is 1. The van der Waals surface area contributed by atoms with Crippen LogP contribution in [-0.4, -0.2) is 14.6 Å². The molecule has 2 aromatic heterocycles. The van der Waals surface area contributed by atoms with Gasteiger partial charge in [-0.15, -0.1) is 10.2 Å². The Balaban J connectivity index is 1.84. The molecule has 0 unspecified atom stereocenters. The second kappa shape index (κ2) is 6.22. The number of aromatic nitrogens is 3. The fourth-order valence-electron chi connectivity index (χ4n) is 1.99. The maximum atomic E-state index is 12.7. The maximum Gasteiger partial charge on any atom is 0.416 e. The predicted octanol–water partition coefficient (Wildman–Crippen LogP) is 5.35. The summed E-state index contributed by atoms with van der Waals surface area (Å²) in [6, 6.07) is 6.73. The molecule has 3 nitrogen and oxygen atoms in total. The standard InChI is InChI=1S/C14H8Cl2F3N3S/c15-10-5-11(16)12-20-21-13(22(12)6-10)23-7-8-2-1-3-9(4-8)14(17,18)19/h1-6H,7H2. The van der Waals surface area contributed by atoms with Crippen LogP contribution in [0.4, 0.5) is 13.2 Å². The van der Waals surface area contributed by atoms with Crippen LogP contribution in [0.15, 0.2) is 41.7 Å². The van der Waals surface area contributed by atoms with Crippen LogP contribution < -0.4 is 0 Å². The second-order valence-corrected chi connectivity index (χ2v) is 6.46. The number of halogens is 5. The van der Waals surface area contributed by atoms with Gasteiger partial charge >= 0.3 is 6.18 Å². The molecule has 0 radical (unpaired) electrons. The minimum absolute atomic E-state index is 0.314. The normalized spacial score (nSPS) is 12.0. The van der Waals surface area contributed by atoms with Crippen molar-refractivity contribution in [1.29, 1.82) is 0 Å². The number of fused-ring (bicyclic) bond motifs is 1. The summed E-state index contributed by atoms with van der Waals surface area (Å²) < 4.78 is 39.8.